The van der Waals surface area contributed by atoms with Gasteiger partial charge in [0.25, 0.3) is 5.56 Å². The number of H-pyrrole nitrogens is 1. The first-order valence-corrected chi connectivity index (χ1v) is 6.45. The second-order valence-electron chi connectivity index (χ2n) is 4.64. The molecule has 20 heavy (non-hydrogen) atoms. The summed E-state index contributed by atoms with van der Waals surface area (Å²) in [5.74, 6) is -0.828. The van der Waals surface area contributed by atoms with Crippen LogP contribution < -0.4 is 11.3 Å². The Morgan fingerprint density at radius 1 is 1.65 bits per heavy atom. The molecule has 1 aliphatic heterocycles. The van der Waals surface area contributed by atoms with Gasteiger partial charge in [0.1, 0.15) is 17.7 Å². The van der Waals surface area contributed by atoms with E-state index in [0.717, 1.165) is 13.1 Å². The van der Waals surface area contributed by atoms with Gasteiger partial charge in [0.15, 0.2) is 0 Å². The monoisotopic (exact) mass is 282 g/mol. The third-order valence-electron chi connectivity index (χ3n) is 3.30. The number of aliphatic carboxylic acids is 1. The molecule has 1 aromatic rings. The van der Waals surface area contributed by atoms with Gasteiger partial charge in [0.2, 0.25) is 0 Å². The zero-order valence-corrected chi connectivity index (χ0v) is 11.3. The number of carbonyl (C=O) groups is 1. The SMILES string of the molecule is CCN1CCOC(c2nc(N)c(CC(=O)O)c(=O)[nH]2)C1. The Morgan fingerprint density at radius 2 is 2.40 bits per heavy atom. The van der Waals surface area contributed by atoms with Crippen LogP contribution in [-0.4, -0.2) is 52.2 Å². The van der Waals surface area contributed by atoms with Crippen molar-refractivity contribution in [2.75, 3.05) is 32.0 Å². The Bertz CT molecular complexity index is 557. The van der Waals surface area contributed by atoms with E-state index in [0.29, 0.717) is 19.0 Å². The number of aromatic nitrogens is 2. The van der Waals surface area contributed by atoms with Gasteiger partial charge in [0.05, 0.1) is 18.6 Å². The van der Waals surface area contributed by atoms with Crippen LogP contribution in [0.5, 0.6) is 0 Å². The molecule has 2 rings (SSSR count). The largest absolute Gasteiger partial charge is 0.481 e. The summed E-state index contributed by atoms with van der Waals surface area (Å²) in [6, 6.07) is 0. The van der Waals surface area contributed by atoms with Crippen molar-refractivity contribution in [2.45, 2.75) is 19.4 Å². The molecule has 0 amide bonds. The highest BCUT2D eigenvalue weighted by molar-refractivity contribution is 5.71. The van der Waals surface area contributed by atoms with Crippen LogP contribution in [0.15, 0.2) is 4.79 Å². The minimum absolute atomic E-state index is 0.0237. The van der Waals surface area contributed by atoms with E-state index in [2.05, 4.69) is 14.9 Å². The quantitative estimate of drug-likeness (QED) is 0.672. The third-order valence-corrected chi connectivity index (χ3v) is 3.30. The highest BCUT2D eigenvalue weighted by Gasteiger charge is 2.24. The maximum absolute atomic E-state index is 11.9. The van der Waals surface area contributed by atoms with Crippen LogP contribution in [0.2, 0.25) is 0 Å². The molecular weight excluding hydrogens is 264 g/mol. The molecule has 0 spiro atoms. The van der Waals surface area contributed by atoms with Crippen molar-refractivity contribution >= 4 is 11.8 Å². The second kappa shape index (κ2) is 6.02. The van der Waals surface area contributed by atoms with Crippen molar-refractivity contribution in [1.29, 1.82) is 0 Å². The summed E-state index contributed by atoms with van der Waals surface area (Å²) in [6.07, 6.45) is -0.793. The number of rotatable bonds is 4. The van der Waals surface area contributed by atoms with Crippen molar-refractivity contribution in [2.24, 2.45) is 0 Å². The van der Waals surface area contributed by atoms with Gasteiger partial charge in [-0.3, -0.25) is 14.5 Å². The standard InChI is InChI=1S/C12H18N4O4/c1-2-16-3-4-20-8(6-16)11-14-10(13)7(5-9(17)18)12(19)15-11/h8H,2-6H2,1H3,(H,17,18)(H3,13,14,15,19). The van der Waals surface area contributed by atoms with Crippen LogP contribution in [0.25, 0.3) is 0 Å². The molecule has 1 saturated heterocycles. The van der Waals surface area contributed by atoms with Crippen molar-refractivity contribution in [1.82, 2.24) is 14.9 Å². The molecule has 8 heteroatoms. The van der Waals surface area contributed by atoms with Gasteiger partial charge in [-0.15, -0.1) is 0 Å². The molecular formula is C12H18N4O4. The average molecular weight is 282 g/mol. The number of anilines is 1. The van der Waals surface area contributed by atoms with Crippen LogP contribution in [0.4, 0.5) is 5.82 Å². The van der Waals surface area contributed by atoms with Gasteiger partial charge in [-0.1, -0.05) is 6.92 Å². The number of hydrogen-bond acceptors (Lipinski definition) is 6. The molecule has 1 atom stereocenters. The first kappa shape index (κ1) is 14.5. The number of morpholine rings is 1. The highest BCUT2D eigenvalue weighted by atomic mass is 16.5. The number of carboxylic acid groups (broad SMARTS) is 1. The molecule has 1 fully saturated rings. The van der Waals surface area contributed by atoms with Crippen molar-refractivity contribution < 1.29 is 14.6 Å². The van der Waals surface area contributed by atoms with E-state index < -0.39 is 17.9 Å². The van der Waals surface area contributed by atoms with Crippen molar-refractivity contribution in [3.8, 4) is 0 Å². The number of ether oxygens (including phenoxy) is 1. The lowest BCUT2D eigenvalue weighted by Crippen LogP contribution is -2.39. The Labute approximate surface area is 115 Å². The van der Waals surface area contributed by atoms with E-state index >= 15 is 0 Å². The number of nitrogens with one attached hydrogen (secondary N) is 1. The zero-order chi connectivity index (χ0) is 14.7. The van der Waals surface area contributed by atoms with Gasteiger partial charge in [-0.05, 0) is 6.54 Å². The fourth-order valence-electron chi connectivity index (χ4n) is 2.16. The van der Waals surface area contributed by atoms with Crippen LogP contribution in [0.1, 0.15) is 24.4 Å². The summed E-state index contributed by atoms with van der Waals surface area (Å²) >= 11 is 0. The molecule has 1 aliphatic rings. The molecule has 1 unspecified atom stereocenters. The lowest BCUT2D eigenvalue weighted by Gasteiger charge is -2.31. The predicted molar refractivity (Wildman–Crippen MR) is 71.4 cm³/mol. The first-order chi connectivity index (χ1) is 9.51. The molecule has 0 aliphatic carbocycles. The molecule has 0 radical (unpaired) electrons. The normalized spacial score (nSPS) is 19.9. The van der Waals surface area contributed by atoms with E-state index in [1.807, 2.05) is 6.92 Å². The number of nitrogen functional groups attached to an aromatic ring is 1. The Hall–Kier alpha value is -1.93. The number of carboxylic acids is 1. The summed E-state index contributed by atoms with van der Waals surface area (Å²) in [5.41, 5.74) is 5.14. The van der Waals surface area contributed by atoms with E-state index in [4.69, 9.17) is 15.6 Å². The third kappa shape index (κ3) is 3.14. The summed E-state index contributed by atoms with van der Waals surface area (Å²) in [5, 5.41) is 8.73. The zero-order valence-electron chi connectivity index (χ0n) is 11.3. The summed E-state index contributed by atoms with van der Waals surface area (Å²) < 4.78 is 5.58. The molecule has 110 valence electrons. The van der Waals surface area contributed by atoms with Crippen LogP contribution in [0.3, 0.4) is 0 Å². The lowest BCUT2D eigenvalue weighted by molar-refractivity contribution is -0.136. The number of nitrogens with zero attached hydrogens (tertiary/aromatic N) is 2. The van der Waals surface area contributed by atoms with Crippen LogP contribution >= 0.6 is 0 Å². The van der Waals surface area contributed by atoms with E-state index in [1.54, 1.807) is 0 Å². The Morgan fingerprint density at radius 3 is 3.00 bits per heavy atom. The molecule has 4 N–H and O–H groups in total. The maximum Gasteiger partial charge on any atom is 0.308 e. The number of likely N-dealkylation sites (N-methyl/N-ethyl adjacent to an activating group) is 1. The Balaban J connectivity index is 2.25. The number of aromatic amines is 1. The van der Waals surface area contributed by atoms with E-state index in [9.17, 15) is 9.59 Å². The minimum Gasteiger partial charge on any atom is -0.481 e. The van der Waals surface area contributed by atoms with Gasteiger partial charge in [-0.25, -0.2) is 4.98 Å². The van der Waals surface area contributed by atoms with Crippen LogP contribution in [0, 0.1) is 0 Å². The predicted octanol–water partition coefficient (Wildman–Crippen LogP) is -0.628. The van der Waals surface area contributed by atoms with Crippen molar-refractivity contribution in [3.05, 3.63) is 21.7 Å². The summed E-state index contributed by atoms with van der Waals surface area (Å²) in [7, 11) is 0. The molecule has 0 aromatic carbocycles. The van der Waals surface area contributed by atoms with Gasteiger partial charge in [-0.2, -0.15) is 0 Å². The smallest absolute Gasteiger partial charge is 0.308 e. The molecule has 0 saturated carbocycles. The number of nitrogens with two attached hydrogens (primary N) is 1. The highest BCUT2D eigenvalue weighted by Crippen LogP contribution is 2.19. The van der Waals surface area contributed by atoms with Gasteiger partial charge in [0, 0.05) is 13.1 Å². The summed E-state index contributed by atoms with van der Waals surface area (Å²) in [6.45, 7) is 4.94. The lowest BCUT2D eigenvalue weighted by atomic mass is 10.2. The second-order valence-corrected chi connectivity index (χ2v) is 4.64. The van der Waals surface area contributed by atoms with E-state index in [-0.39, 0.29) is 17.5 Å². The van der Waals surface area contributed by atoms with Gasteiger partial charge < -0.3 is 20.6 Å². The summed E-state index contributed by atoms with van der Waals surface area (Å²) in [4.78, 5) is 31.4. The fraction of sp³-hybridized carbons (Fsp3) is 0.583. The minimum atomic E-state index is -1.12. The molecule has 8 nitrogen and oxygen atoms in total. The van der Waals surface area contributed by atoms with Gasteiger partial charge >= 0.3 is 5.97 Å². The molecule has 0 bridgehead atoms. The van der Waals surface area contributed by atoms with Crippen molar-refractivity contribution in [3.63, 3.8) is 0 Å². The maximum atomic E-state index is 11.9. The average Bonchev–Trinajstić information content (AvgIpc) is 2.42. The van der Waals surface area contributed by atoms with Crippen LogP contribution in [-0.2, 0) is 16.0 Å². The number of hydrogen-bond donors (Lipinski definition) is 3. The topological polar surface area (TPSA) is 122 Å². The fourth-order valence-corrected chi connectivity index (χ4v) is 2.16. The molecule has 2 heterocycles. The first-order valence-electron chi connectivity index (χ1n) is 6.45. The van der Waals surface area contributed by atoms with E-state index in [1.165, 1.54) is 0 Å². The molecule has 1 aromatic heterocycles. The Kier molecular flexibility index (Phi) is 4.35.